The maximum Gasteiger partial charge on any atom is 0.161 e. The van der Waals surface area contributed by atoms with Crippen LogP contribution >= 0.6 is 22.9 Å². The van der Waals surface area contributed by atoms with Crippen molar-refractivity contribution < 1.29 is 13.2 Å². The predicted molar refractivity (Wildman–Crippen MR) is 58.3 cm³/mol. The van der Waals surface area contributed by atoms with E-state index in [2.05, 4.69) is 0 Å². The first-order valence-corrected chi connectivity index (χ1v) is 5.73. The second-order valence-electron chi connectivity index (χ2n) is 3.17. The van der Waals surface area contributed by atoms with Crippen molar-refractivity contribution in [1.29, 1.82) is 0 Å². The van der Waals surface area contributed by atoms with Crippen LogP contribution in [0, 0.1) is 17.5 Å². The number of halogens is 4. The van der Waals surface area contributed by atoms with Crippen molar-refractivity contribution in [2.24, 2.45) is 0 Å². The maximum atomic E-state index is 13.4. The largest absolute Gasteiger partial charge is 0.207 e. The Morgan fingerprint density at radius 1 is 1.06 bits per heavy atom. The minimum Gasteiger partial charge on any atom is -0.207 e. The zero-order valence-corrected chi connectivity index (χ0v) is 9.46. The average Bonchev–Trinajstić information content (AvgIpc) is 2.75. The van der Waals surface area contributed by atoms with E-state index in [1.54, 1.807) is 17.5 Å². The topological polar surface area (TPSA) is 0 Å². The lowest BCUT2D eigenvalue weighted by atomic mass is 10.1. The fourth-order valence-corrected chi connectivity index (χ4v) is 2.43. The molecule has 0 saturated carbocycles. The second-order valence-corrected chi connectivity index (χ2v) is 4.58. The van der Waals surface area contributed by atoms with Gasteiger partial charge < -0.3 is 0 Å². The van der Waals surface area contributed by atoms with Crippen LogP contribution in [0.2, 0.25) is 0 Å². The lowest BCUT2D eigenvalue weighted by Gasteiger charge is -2.09. The molecule has 0 spiro atoms. The molecule has 0 aliphatic carbocycles. The van der Waals surface area contributed by atoms with Crippen LogP contribution in [0.4, 0.5) is 13.2 Å². The van der Waals surface area contributed by atoms with Crippen LogP contribution in [0.1, 0.15) is 15.8 Å². The summed E-state index contributed by atoms with van der Waals surface area (Å²) in [5, 5.41) is 0.984. The van der Waals surface area contributed by atoms with Crippen LogP contribution in [0.15, 0.2) is 29.6 Å². The highest BCUT2D eigenvalue weighted by Crippen LogP contribution is 2.34. The molecule has 0 nitrogen and oxygen atoms in total. The van der Waals surface area contributed by atoms with Crippen molar-refractivity contribution in [3.8, 4) is 0 Å². The summed E-state index contributed by atoms with van der Waals surface area (Å²) in [7, 11) is 0. The fourth-order valence-electron chi connectivity index (χ4n) is 1.32. The second kappa shape index (κ2) is 4.47. The summed E-state index contributed by atoms with van der Waals surface area (Å²) < 4.78 is 39.1. The molecule has 1 heterocycles. The summed E-state index contributed by atoms with van der Waals surface area (Å²) in [6.45, 7) is 0. The Balaban J connectivity index is 2.44. The molecule has 1 aromatic heterocycles. The number of rotatable bonds is 2. The number of hydrogen-bond donors (Lipinski definition) is 0. The quantitative estimate of drug-likeness (QED) is 0.552. The average molecular weight is 263 g/mol. The van der Waals surface area contributed by atoms with E-state index in [4.69, 9.17) is 11.6 Å². The molecule has 0 radical (unpaired) electrons. The van der Waals surface area contributed by atoms with E-state index in [9.17, 15) is 13.2 Å². The Labute approximate surface area is 99.3 Å². The van der Waals surface area contributed by atoms with Crippen molar-refractivity contribution in [3.63, 3.8) is 0 Å². The van der Waals surface area contributed by atoms with Crippen LogP contribution in [0.5, 0.6) is 0 Å². The number of benzene rings is 1. The first-order valence-electron chi connectivity index (χ1n) is 4.41. The summed E-state index contributed by atoms with van der Waals surface area (Å²) in [6.07, 6.45) is 0. The minimum atomic E-state index is -1.21. The van der Waals surface area contributed by atoms with Gasteiger partial charge in [-0.2, -0.15) is 0 Å². The van der Waals surface area contributed by atoms with Gasteiger partial charge in [-0.05, 0) is 17.5 Å². The molecule has 16 heavy (non-hydrogen) atoms. The lowest BCUT2D eigenvalue weighted by Crippen LogP contribution is -1.98. The lowest BCUT2D eigenvalue weighted by molar-refractivity contribution is 0.490. The van der Waals surface area contributed by atoms with Crippen molar-refractivity contribution >= 4 is 22.9 Å². The van der Waals surface area contributed by atoms with Gasteiger partial charge in [0.05, 0.1) is 5.38 Å². The Hall–Kier alpha value is -1.00. The van der Waals surface area contributed by atoms with Crippen LogP contribution in [-0.2, 0) is 0 Å². The van der Waals surface area contributed by atoms with Gasteiger partial charge in [-0.1, -0.05) is 6.07 Å². The van der Waals surface area contributed by atoms with E-state index < -0.39 is 22.8 Å². The van der Waals surface area contributed by atoms with Gasteiger partial charge in [-0.3, -0.25) is 0 Å². The standard InChI is InChI=1S/C11H6ClF3S/c12-11(10-2-1-3-16-10)6-4-8(14)9(15)5-7(6)13/h1-5,11H. The molecule has 0 N–H and O–H groups in total. The van der Waals surface area contributed by atoms with E-state index in [-0.39, 0.29) is 5.56 Å². The highest BCUT2D eigenvalue weighted by Gasteiger charge is 2.19. The van der Waals surface area contributed by atoms with Crippen LogP contribution in [0.3, 0.4) is 0 Å². The third-order valence-corrected chi connectivity index (χ3v) is 3.64. The highest BCUT2D eigenvalue weighted by atomic mass is 35.5. The Morgan fingerprint density at radius 2 is 1.75 bits per heavy atom. The molecule has 1 aromatic carbocycles. The third kappa shape index (κ3) is 2.08. The first-order chi connectivity index (χ1) is 7.59. The zero-order chi connectivity index (χ0) is 11.7. The monoisotopic (exact) mass is 262 g/mol. The van der Waals surface area contributed by atoms with Gasteiger partial charge in [0.15, 0.2) is 11.6 Å². The maximum absolute atomic E-state index is 13.4. The normalized spacial score (nSPS) is 12.8. The van der Waals surface area contributed by atoms with Crippen molar-refractivity contribution in [1.82, 2.24) is 0 Å². The summed E-state index contributed by atoms with van der Waals surface area (Å²) in [5.74, 6) is -3.15. The Bertz CT molecular complexity index is 496. The molecule has 0 fully saturated rings. The van der Waals surface area contributed by atoms with E-state index >= 15 is 0 Å². The highest BCUT2D eigenvalue weighted by molar-refractivity contribution is 7.10. The van der Waals surface area contributed by atoms with Crippen molar-refractivity contribution in [2.75, 3.05) is 0 Å². The van der Waals surface area contributed by atoms with Gasteiger partial charge in [0, 0.05) is 16.5 Å². The molecule has 0 saturated heterocycles. The summed E-state index contributed by atoms with van der Waals surface area (Å²) in [5.41, 5.74) is -0.0528. The van der Waals surface area contributed by atoms with Gasteiger partial charge in [-0.15, -0.1) is 22.9 Å². The van der Waals surface area contributed by atoms with Crippen LogP contribution in [0.25, 0.3) is 0 Å². The molecule has 5 heteroatoms. The predicted octanol–water partition coefficient (Wildman–Crippen LogP) is 4.49. The Kier molecular flexibility index (Phi) is 3.21. The number of alkyl halides is 1. The number of hydrogen-bond acceptors (Lipinski definition) is 1. The van der Waals surface area contributed by atoms with E-state index in [1.165, 1.54) is 11.3 Å². The van der Waals surface area contributed by atoms with Gasteiger partial charge in [-0.25, -0.2) is 13.2 Å². The summed E-state index contributed by atoms with van der Waals surface area (Å²) in [6, 6.07) is 4.77. The molecule has 0 bridgehead atoms. The van der Waals surface area contributed by atoms with Crippen molar-refractivity contribution in [2.45, 2.75) is 5.38 Å². The van der Waals surface area contributed by atoms with Gasteiger partial charge in [0.25, 0.3) is 0 Å². The van der Waals surface area contributed by atoms with Gasteiger partial charge in [0.2, 0.25) is 0 Å². The van der Waals surface area contributed by atoms with E-state index in [0.29, 0.717) is 10.9 Å². The van der Waals surface area contributed by atoms with Gasteiger partial charge in [0.1, 0.15) is 5.82 Å². The smallest absolute Gasteiger partial charge is 0.161 e. The molecule has 84 valence electrons. The molecular weight excluding hydrogens is 257 g/mol. The molecule has 1 unspecified atom stereocenters. The SMILES string of the molecule is Fc1cc(F)c(C(Cl)c2cccs2)cc1F. The third-order valence-electron chi connectivity index (χ3n) is 2.11. The molecule has 0 amide bonds. The minimum absolute atomic E-state index is 0.0528. The molecule has 2 rings (SSSR count). The summed E-state index contributed by atoms with van der Waals surface area (Å²) >= 11 is 7.31. The molecular formula is C11H6ClF3S. The summed E-state index contributed by atoms with van der Waals surface area (Å²) in [4.78, 5) is 0.687. The molecule has 0 aliphatic heterocycles. The molecule has 0 aliphatic rings. The zero-order valence-electron chi connectivity index (χ0n) is 7.88. The molecule has 1 atom stereocenters. The number of thiophene rings is 1. The first kappa shape index (κ1) is 11.5. The van der Waals surface area contributed by atoms with Crippen LogP contribution in [-0.4, -0.2) is 0 Å². The van der Waals surface area contributed by atoms with Crippen molar-refractivity contribution in [3.05, 3.63) is 57.5 Å². The molecule has 2 aromatic rings. The Morgan fingerprint density at radius 3 is 2.38 bits per heavy atom. The van der Waals surface area contributed by atoms with Gasteiger partial charge >= 0.3 is 0 Å². The van der Waals surface area contributed by atoms with E-state index in [0.717, 1.165) is 6.07 Å². The van der Waals surface area contributed by atoms with Crippen LogP contribution < -0.4 is 0 Å². The fraction of sp³-hybridized carbons (Fsp3) is 0.0909. The van der Waals surface area contributed by atoms with E-state index in [1.807, 2.05) is 0 Å².